The molecule has 36 heavy (non-hydrogen) atoms. The van der Waals surface area contributed by atoms with Gasteiger partial charge >= 0.3 is 7.60 Å². The van der Waals surface area contributed by atoms with Crippen LogP contribution >= 0.6 is 7.60 Å². The molecular formula is C22H32N5O8P. The number of carbonyl (C=O) groups excluding carboxylic acids is 1. The predicted octanol–water partition coefficient (Wildman–Crippen LogP) is 2.91. The molecule has 198 valence electrons. The van der Waals surface area contributed by atoms with E-state index in [0.29, 0.717) is 0 Å². The summed E-state index contributed by atoms with van der Waals surface area (Å²) in [4.78, 5) is 35.9. The first kappa shape index (κ1) is 26.6. The number of H-pyrrole nitrogens is 1. The number of anilines is 1. The van der Waals surface area contributed by atoms with E-state index in [1.807, 2.05) is 0 Å². The predicted molar refractivity (Wildman–Crippen MR) is 129 cm³/mol. The van der Waals surface area contributed by atoms with Crippen LogP contribution in [0.3, 0.4) is 0 Å². The second-order valence-corrected chi connectivity index (χ2v) is 11.0. The lowest BCUT2D eigenvalue weighted by Gasteiger charge is -2.24. The van der Waals surface area contributed by atoms with Gasteiger partial charge in [-0.2, -0.15) is 4.98 Å². The quantitative estimate of drug-likeness (QED) is 0.467. The maximum absolute atomic E-state index is 12.9. The molecular weight excluding hydrogens is 493 g/mol. The Hall–Kier alpha value is -2.41. The van der Waals surface area contributed by atoms with Gasteiger partial charge in [0.15, 0.2) is 23.2 Å². The molecule has 14 heteroatoms. The monoisotopic (exact) mass is 525 g/mol. The Morgan fingerprint density at radius 3 is 2.58 bits per heavy atom. The van der Waals surface area contributed by atoms with Crippen LogP contribution in [0.15, 0.2) is 23.0 Å². The topological polar surface area (TPSA) is 156 Å². The summed E-state index contributed by atoms with van der Waals surface area (Å²) < 4.78 is 43.6. The number of carbonyl (C=O) groups is 1. The van der Waals surface area contributed by atoms with Crippen LogP contribution < -0.4 is 10.9 Å². The van der Waals surface area contributed by atoms with Crippen LogP contribution in [-0.2, 0) is 32.6 Å². The fourth-order valence-electron chi connectivity index (χ4n) is 4.09. The zero-order chi connectivity index (χ0) is 26.3. The maximum atomic E-state index is 12.9. The fourth-order valence-corrected chi connectivity index (χ4v) is 5.44. The summed E-state index contributed by atoms with van der Waals surface area (Å²) in [5.41, 5.74) is -0.233. The van der Waals surface area contributed by atoms with Gasteiger partial charge < -0.3 is 23.3 Å². The third-order valence-corrected chi connectivity index (χ3v) is 7.39. The second-order valence-electron chi connectivity index (χ2n) is 9.16. The maximum Gasteiger partial charge on any atom is 0.353 e. The molecule has 4 atom stereocenters. The Morgan fingerprint density at radius 2 is 1.94 bits per heavy atom. The molecule has 0 aliphatic carbocycles. The number of aromatic nitrogens is 4. The van der Waals surface area contributed by atoms with E-state index in [4.69, 9.17) is 23.3 Å². The molecule has 0 saturated carbocycles. The summed E-state index contributed by atoms with van der Waals surface area (Å²) in [6.45, 7) is 10.9. The smallest absolute Gasteiger partial charge is 0.345 e. The van der Waals surface area contributed by atoms with E-state index in [2.05, 4.69) is 20.3 Å². The van der Waals surface area contributed by atoms with E-state index in [1.54, 1.807) is 52.2 Å². The highest BCUT2D eigenvalue weighted by molar-refractivity contribution is 7.57. The molecule has 2 aliphatic heterocycles. The molecule has 0 spiro atoms. The van der Waals surface area contributed by atoms with Crippen molar-refractivity contribution in [2.45, 2.75) is 71.9 Å². The molecule has 2 saturated heterocycles. The first-order chi connectivity index (χ1) is 17.0. The molecule has 2 fully saturated rings. The average Bonchev–Trinajstić information content (AvgIpc) is 3.43. The highest BCUT2D eigenvalue weighted by atomic mass is 31.2. The summed E-state index contributed by atoms with van der Waals surface area (Å²) in [5.74, 6) is -0.152. The zero-order valence-corrected chi connectivity index (χ0v) is 22.0. The molecule has 4 rings (SSSR count). The average molecular weight is 525 g/mol. The number of nitrogens with one attached hydrogen (secondary N) is 2. The molecule has 2 N–H and O–H groups in total. The van der Waals surface area contributed by atoms with E-state index >= 15 is 0 Å². The minimum Gasteiger partial charge on any atom is -0.345 e. The summed E-state index contributed by atoms with van der Waals surface area (Å²) >= 11 is 0. The Kier molecular flexibility index (Phi) is 7.52. The minimum atomic E-state index is -3.47. The van der Waals surface area contributed by atoms with Gasteiger partial charge in [0.05, 0.1) is 19.5 Å². The van der Waals surface area contributed by atoms with Crippen molar-refractivity contribution in [1.29, 1.82) is 0 Å². The van der Waals surface area contributed by atoms with Crippen molar-refractivity contribution in [1.82, 2.24) is 19.5 Å². The summed E-state index contributed by atoms with van der Waals surface area (Å²) in [7, 11) is -3.47. The van der Waals surface area contributed by atoms with Gasteiger partial charge in [0.1, 0.15) is 18.3 Å². The van der Waals surface area contributed by atoms with Crippen molar-refractivity contribution in [3.05, 3.63) is 28.6 Å². The number of nitrogens with zero attached hydrogens (tertiary/aromatic N) is 3. The van der Waals surface area contributed by atoms with E-state index in [1.165, 1.54) is 12.1 Å². The van der Waals surface area contributed by atoms with Gasteiger partial charge in [-0.25, -0.2) is 4.98 Å². The largest absolute Gasteiger partial charge is 0.353 e. The van der Waals surface area contributed by atoms with E-state index in [9.17, 15) is 14.2 Å². The van der Waals surface area contributed by atoms with Crippen LogP contribution in [0, 0.1) is 5.92 Å². The Morgan fingerprint density at radius 1 is 1.28 bits per heavy atom. The lowest BCUT2D eigenvalue weighted by Crippen LogP contribution is -2.28. The Bertz CT molecular complexity index is 1240. The molecule has 2 aromatic heterocycles. The first-order valence-corrected chi connectivity index (χ1v) is 13.4. The van der Waals surface area contributed by atoms with Crippen LogP contribution in [0.5, 0.6) is 0 Å². The number of amides is 1. The number of hydrogen-bond acceptors (Lipinski definition) is 10. The van der Waals surface area contributed by atoms with Crippen LogP contribution in [0.25, 0.3) is 11.2 Å². The Labute approximate surface area is 208 Å². The highest BCUT2D eigenvalue weighted by Crippen LogP contribution is 2.51. The lowest BCUT2D eigenvalue weighted by molar-refractivity contribution is -0.191. The highest BCUT2D eigenvalue weighted by Gasteiger charge is 2.55. The molecule has 13 nitrogen and oxygen atoms in total. The summed E-state index contributed by atoms with van der Waals surface area (Å²) in [6, 6.07) is 0. The van der Waals surface area contributed by atoms with Crippen molar-refractivity contribution in [3.63, 3.8) is 0 Å². The number of aromatic amines is 1. The van der Waals surface area contributed by atoms with Crippen molar-refractivity contribution in [2.75, 3.05) is 18.5 Å². The van der Waals surface area contributed by atoms with E-state index in [-0.39, 0.29) is 42.2 Å². The molecule has 4 unspecified atom stereocenters. The third kappa shape index (κ3) is 5.31. The molecule has 4 heterocycles. The van der Waals surface area contributed by atoms with Crippen molar-refractivity contribution < 1.29 is 32.6 Å². The number of ether oxygens (including phenoxy) is 3. The molecule has 0 radical (unpaired) electrons. The first-order valence-electron chi connectivity index (χ1n) is 11.8. The van der Waals surface area contributed by atoms with Crippen LogP contribution in [0.1, 0.15) is 47.8 Å². The zero-order valence-electron chi connectivity index (χ0n) is 21.1. The van der Waals surface area contributed by atoms with Gasteiger partial charge in [0.25, 0.3) is 5.56 Å². The van der Waals surface area contributed by atoms with Gasteiger partial charge in [-0.1, -0.05) is 13.8 Å². The number of rotatable bonds is 9. The van der Waals surface area contributed by atoms with Crippen LogP contribution in [0.4, 0.5) is 5.95 Å². The molecule has 0 aromatic carbocycles. The van der Waals surface area contributed by atoms with Gasteiger partial charge in [0.2, 0.25) is 11.9 Å². The minimum absolute atomic E-state index is 0.00256. The van der Waals surface area contributed by atoms with E-state index in [0.717, 1.165) is 0 Å². The normalized spacial score (nSPS) is 25.8. The number of fused-ring (bicyclic) bond motifs is 2. The van der Waals surface area contributed by atoms with Crippen molar-refractivity contribution >= 4 is 30.6 Å². The standard InChI is InChI=1S/C22H32N5O8P/c1-7-31-36(30,32-8-2)10-9-13-15-16(35-22(5,6)34-15)20(33-13)27-11-23-14-17(27)24-21(26-19(14)29)25-18(28)12(3)4/h9-13,15-16,20H,7-8H2,1-6H3,(H2,24,25,26,28,29). The fraction of sp³-hybridized carbons (Fsp3) is 0.636. The molecule has 2 aliphatic rings. The number of hydrogen-bond donors (Lipinski definition) is 2. The van der Waals surface area contributed by atoms with Gasteiger partial charge in [0, 0.05) is 11.7 Å². The van der Waals surface area contributed by atoms with Crippen LogP contribution in [-0.4, -0.2) is 62.7 Å². The summed E-state index contributed by atoms with van der Waals surface area (Å²) in [6.07, 6.45) is 0.406. The summed E-state index contributed by atoms with van der Waals surface area (Å²) in [5, 5.41) is 2.60. The van der Waals surface area contributed by atoms with E-state index < -0.39 is 43.5 Å². The van der Waals surface area contributed by atoms with Gasteiger partial charge in [-0.15, -0.1) is 0 Å². The third-order valence-electron chi connectivity index (χ3n) is 5.61. The lowest BCUT2D eigenvalue weighted by atomic mass is 10.1. The number of imidazole rings is 1. The molecule has 0 bridgehead atoms. The van der Waals surface area contributed by atoms with Gasteiger partial charge in [-0.3, -0.25) is 29.0 Å². The van der Waals surface area contributed by atoms with Crippen molar-refractivity contribution in [3.8, 4) is 0 Å². The SMILES string of the molecule is CCOP(=O)(C=CC1OC(n2cnc3c(=O)[nH]c(NC(=O)C(C)C)nc32)C2OC(C)(C)OC12)OCC. The molecule has 2 aromatic rings. The van der Waals surface area contributed by atoms with Crippen LogP contribution in [0.2, 0.25) is 0 Å². The Balaban J connectivity index is 1.69. The molecule has 1 amide bonds. The van der Waals surface area contributed by atoms with Crippen molar-refractivity contribution in [2.24, 2.45) is 5.92 Å². The van der Waals surface area contributed by atoms with Gasteiger partial charge in [-0.05, 0) is 33.8 Å². The second kappa shape index (κ2) is 10.2.